The summed E-state index contributed by atoms with van der Waals surface area (Å²) in [5.74, 6) is 0.286. The molecule has 0 fully saturated rings. The number of thiophene rings is 1. The van der Waals surface area contributed by atoms with Crippen molar-refractivity contribution in [3.05, 3.63) is 78.3 Å². The number of benzene rings is 3. The number of fused-ring (bicyclic) bond motifs is 4. The third kappa shape index (κ3) is 8.61. The molecule has 3 aromatic carbocycles. The normalized spacial score (nSPS) is 12.9. The molecule has 0 bridgehead atoms. The molecule has 0 aliphatic rings. The molecule has 5 rings (SSSR count). The third-order valence-corrected chi connectivity index (χ3v) is 13.8. The van der Waals surface area contributed by atoms with Crippen molar-refractivity contribution >= 4 is 61.5 Å². The van der Waals surface area contributed by atoms with Crippen molar-refractivity contribution in [2.24, 2.45) is 10.8 Å². The molecule has 1 radical (unpaired) electrons. The van der Waals surface area contributed by atoms with E-state index in [1.165, 1.54) is 32.3 Å². The van der Waals surface area contributed by atoms with E-state index in [1.54, 1.807) is 6.33 Å². The molecule has 5 aromatic rings. The average Bonchev–Trinajstić information content (AvgIpc) is 3.44. The second-order valence-corrected chi connectivity index (χ2v) is 21.9. The number of ketones is 1. The number of hydrogen-bond donors (Lipinski definition) is 1. The first-order chi connectivity index (χ1) is 22.4. The zero-order valence-electron chi connectivity index (χ0n) is 31.6. The Balaban J connectivity index is 0.000000312. The van der Waals surface area contributed by atoms with Crippen molar-refractivity contribution in [1.82, 2.24) is 9.97 Å². The van der Waals surface area contributed by atoms with Crippen LogP contribution >= 0.6 is 11.3 Å². The Morgan fingerprint density at radius 1 is 0.857 bits per heavy atom. The minimum absolute atomic E-state index is 0. The number of aromatic nitrogens is 2. The van der Waals surface area contributed by atoms with Crippen LogP contribution in [0.1, 0.15) is 93.6 Å². The number of aliphatic hydroxyl groups is 1. The van der Waals surface area contributed by atoms with E-state index in [4.69, 9.17) is 4.98 Å². The number of carbonyl (C=O) groups excluding carboxylic acids is 1. The van der Waals surface area contributed by atoms with Gasteiger partial charge in [0.15, 0.2) is 5.78 Å². The molecule has 0 amide bonds. The largest absolute Gasteiger partial charge is 0.512 e. The molecule has 49 heavy (non-hydrogen) atoms. The number of hydrogen-bond acceptors (Lipinski definition) is 5. The third-order valence-electron chi connectivity index (χ3n) is 10.6. The van der Waals surface area contributed by atoms with Gasteiger partial charge in [-0.25, -0.2) is 4.98 Å². The molecule has 0 saturated heterocycles. The quantitative estimate of drug-likeness (QED) is 0.0694. The van der Waals surface area contributed by atoms with E-state index < -0.39 is 8.07 Å². The maximum atomic E-state index is 12.2. The van der Waals surface area contributed by atoms with Crippen LogP contribution in [0.2, 0.25) is 19.6 Å². The van der Waals surface area contributed by atoms with Gasteiger partial charge in [0.2, 0.25) is 0 Å². The summed E-state index contributed by atoms with van der Waals surface area (Å²) in [7, 11) is -1.37. The Kier molecular flexibility index (Phi) is 13.0. The van der Waals surface area contributed by atoms with E-state index in [1.807, 2.05) is 52.9 Å². The van der Waals surface area contributed by atoms with Crippen LogP contribution in [-0.2, 0) is 30.3 Å². The van der Waals surface area contributed by atoms with Gasteiger partial charge in [-0.2, -0.15) is 0 Å². The molecule has 2 aromatic heterocycles. The van der Waals surface area contributed by atoms with E-state index >= 15 is 0 Å². The molecule has 0 saturated carbocycles. The van der Waals surface area contributed by atoms with Crippen LogP contribution < -0.4 is 5.19 Å². The van der Waals surface area contributed by atoms with Gasteiger partial charge in [-0.15, -0.1) is 40.5 Å². The zero-order valence-corrected chi connectivity index (χ0v) is 35.8. The van der Waals surface area contributed by atoms with Gasteiger partial charge in [-0.05, 0) is 37.2 Å². The van der Waals surface area contributed by atoms with Crippen LogP contribution in [0.15, 0.2) is 66.7 Å². The standard InChI is InChI=1S/C27H27N2SSi.C15H28O2.Ir/c1-27(2,3)22-14-18(13-17-9-7-8-10-20(17)22)24-26-25(29-16-28-24)21-12-11-19(31(4,5)6)15-23(21)30-26;1-7-14(5,8-2)12(16)11-13(17)15(6,9-3)10-4;/h7-12,14-16H,1-6H3;11,16H,7-10H2,1-6H3;/q-1;;/b;12-11-;. The predicted molar refractivity (Wildman–Crippen MR) is 211 cm³/mol. The van der Waals surface area contributed by atoms with Gasteiger partial charge in [0.1, 0.15) is 12.1 Å². The van der Waals surface area contributed by atoms with E-state index in [0.717, 1.165) is 52.5 Å². The van der Waals surface area contributed by atoms with Crippen LogP contribution in [-0.4, -0.2) is 28.9 Å². The maximum absolute atomic E-state index is 12.2. The Hall–Kier alpha value is -2.70. The Morgan fingerprint density at radius 3 is 2.04 bits per heavy atom. The van der Waals surface area contributed by atoms with Gasteiger partial charge in [0, 0.05) is 57.5 Å². The fourth-order valence-electron chi connectivity index (χ4n) is 5.89. The van der Waals surface area contributed by atoms with Crippen LogP contribution in [0, 0.1) is 16.9 Å². The fraction of sp³-hybridized carbons (Fsp3) is 0.452. The van der Waals surface area contributed by atoms with Crippen molar-refractivity contribution in [2.45, 2.75) is 113 Å². The van der Waals surface area contributed by atoms with Crippen molar-refractivity contribution in [3.63, 3.8) is 0 Å². The van der Waals surface area contributed by atoms with Crippen LogP contribution in [0.3, 0.4) is 0 Å². The molecular formula is C42H55IrN2O2SSi-. The minimum Gasteiger partial charge on any atom is -0.512 e. The monoisotopic (exact) mass is 872 g/mol. The summed E-state index contributed by atoms with van der Waals surface area (Å²) < 4.78 is 2.45. The van der Waals surface area contributed by atoms with Gasteiger partial charge < -0.3 is 5.11 Å². The number of rotatable bonds is 9. The van der Waals surface area contributed by atoms with Gasteiger partial charge in [0.05, 0.1) is 13.6 Å². The molecular weight excluding hydrogens is 817 g/mol. The van der Waals surface area contributed by atoms with E-state index in [-0.39, 0.29) is 47.9 Å². The number of nitrogens with zero attached hydrogens (tertiary/aromatic N) is 2. The van der Waals surface area contributed by atoms with Crippen molar-refractivity contribution in [2.75, 3.05) is 0 Å². The SMILES string of the molecule is CC(C)(C)c1cc(-c2ncnc3c2sc2cc([Si](C)(C)C)ccc23)[c-]c2ccccc12.CCC(C)(CC)C(=O)/C=C(\O)C(C)(CC)CC.[Ir]. The van der Waals surface area contributed by atoms with Gasteiger partial charge in [-0.1, -0.05) is 128 Å². The summed E-state index contributed by atoms with van der Waals surface area (Å²) in [5, 5.41) is 15.2. The topological polar surface area (TPSA) is 63.1 Å². The molecule has 0 spiro atoms. The summed E-state index contributed by atoms with van der Waals surface area (Å²) in [6, 6.07) is 21.4. The Morgan fingerprint density at radius 2 is 1.47 bits per heavy atom. The molecule has 0 aliphatic heterocycles. The first kappa shape index (κ1) is 40.7. The zero-order chi connectivity index (χ0) is 35.7. The molecule has 7 heteroatoms. The number of carbonyl (C=O) groups is 1. The minimum atomic E-state index is -1.37. The Labute approximate surface area is 313 Å². The van der Waals surface area contributed by atoms with Crippen molar-refractivity contribution < 1.29 is 30.0 Å². The molecule has 0 atom stereocenters. The summed E-state index contributed by atoms with van der Waals surface area (Å²) in [6.45, 7) is 26.1. The van der Waals surface area contributed by atoms with Crippen LogP contribution in [0.5, 0.6) is 0 Å². The Bertz CT molecular complexity index is 1960. The molecule has 2 heterocycles. The van der Waals surface area contributed by atoms with Crippen LogP contribution in [0.4, 0.5) is 0 Å². The second kappa shape index (κ2) is 15.7. The predicted octanol–water partition coefficient (Wildman–Crippen LogP) is 12.0. The number of allylic oxidation sites excluding steroid dienone is 2. The smallest absolute Gasteiger partial charge is 0.164 e. The van der Waals surface area contributed by atoms with Crippen LogP contribution in [0.25, 0.3) is 42.3 Å². The van der Waals surface area contributed by atoms with Crippen molar-refractivity contribution in [3.8, 4) is 11.3 Å². The average molecular weight is 872 g/mol. The summed E-state index contributed by atoms with van der Waals surface area (Å²) in [4.78, 5) is 21.6. The first-order valence-corrected chi connectivity index (χ1v) is 21.8. The maximum Gasteiger partial charge on any atom is 0.164 e. The summed E-state index contributed by atoms with van der Waals surface area (Å²) in [6.07, 6.45) is 6.46. The van der Waals surface area contributed by atoms with Gasteiger partial charge in [0.25, 0.3) is 0 Å². The van der Waals surface area contributed by atoms with E-state index in [0.29, 0.717) is 0 Å². The molecule has 4 nitrogen and oxygen atoms in total. The van der Waals surface area contributed by atoms with E-state index in [9.17, 15) is 9.90 Å². The second-order valence-electron chi connectivity index (χ2n) is 15.8. The van der Waals surface area contributed by atoms with E-state index in [2.05, 4.69) is 100.0 Å². The van der Waals surface area contributed by atoms with Gasteiger partial charge in [-0.3, -0.25) is 9.78 Å². The number of aliphatic hydroxyl groups excluding tert-OH is 1. The van der Waals surface area contributed by atoms with Crippen molar-refractivity contribution in [1.29, 1.82) is 0 Å². The fourth-order valence-corrected chi connectivity index (χ4v) is 8.36. The summed E-state index contributed by atoms with van der Waals surface area (Å²) >= 11 is 1.81. The molecule has 1 N–H and O–H groups in total. The van der Waals surface area contributed by atoms with Gasteiger partial charge >= 0.3 is 0 Å². The molecule has 0 aliphatic carbocycles. The molecule has 265 valence electrons. The first-order valence-electron chi connectivity index (χ1n) is 17.5. The summed E-state index contributed by atoms with van der Waals surface area (Å²) in [5.41, 5.74) is 3.83. The molecule has 0 unspecified atom stereocenters.